The van der Waals surface area contributed by atoms with Crippen molar-refractivity contribution in [3.63, 3.8) is 0 Å². The molecule has 1 aromatic rings. The first-order chi connectivity index (χ1) is 9.32. The Kier molecular flexibility index (Phi) is 6.61. The molecule has 1 fully saturated rings. The Bertz CT molecular complexity index is 592. The zero-order valence-corrected chi connectivity index (χ0v) is 14.9. The van der Waals surface area contributed by atoms with Crippen molar-refractivity contribution < 1.29 is 12.8 Å². The molecule has 1 heterocycles. The summed E-state index contributed by atoms with van der Waals surface area (Å²) in [4.78, 5) is 0.0661. The van der Waals surface area contributed by atoms with Gasteiger partial charge in [0.1, 0.15) is 5.82 Å². The number of hydrogen-bond donors (Lipinski definition) is 2. The molecule has 120 valence electrons. The van der Waals surface area contributed by atoms with E-state index in [1.165, 1.54) is 6.07 Å². The van der Waals surface area contributed by atoms with Crippen LogP contribution in [-0.4, -0.2) is 28.1 Å². The van der Waals surface area contributed by atoms with E-state index in [4.69, 9.17) is 0 Å². The van der Waals surface area contributed by atoms with Gasteiger partial charge in [-0.05, 0) is 65.5 Å². The first-order valence-corrected chi connectivity index (χ1v) is 8.76. The van der Waals surface area contributed by atoms with Gasteiger partial charge < -0.3 is 5.32 Å². The lowest BCUT2D eigenvalue weighted by Crippen LogP contribution is -2.42. The minimum absolute atomic E-state index is 0. The van der Waals surface area contributed by atoms with E-state index in [-0.39, 0.29) is 27.2 Å². The summed E-state index contributed by atoms with van der Waals surface area (Å²) in [6, 6.07) is 3.57. The highest BCUT2D eigenvalue weighted by Gasteiger charge is 2.29. The van der Waals surface area contributed by atoms with E-state index < -0.39 is 15.8 Å². The highest BCUT2D eigenvalue weighted by atomic mass is 79.9. The lowest BCUT2D eigenvalue weighted by molar-refractivity contribution is 0.232. The number of hydrogen-bond acceptors (Lipinski definition) is 3. The highest BCUT2D eigenvalue weighted by Crippen LogP contribution is 2.28. The maximum atomic E-state index is 13.0. The minimum Gasteiger partial charge on any atom is -0.317 e. The summed E-state index contributed by atoms with van der Waals surface area (Å²) in [6.07, 6.45) is 1.86. The van der Waals surface area contributed by atoms with Crippen molar-refractivity contribution in [1.29, 1.82) is 0 Å². The molecular formula is C13H19BrClFN2O2S. The predicted octanol–water partition coefficient (Wildman–Crippen LogP) is 2.68. The number of benzene rings is 1. The molecule has 2 N–H and O–H groups in total. The predicted molar refractivity (Wildman–Crippen MR) is 86.7 cm³/mol. The molecule has 1 saturated heterocycles. The second-order valence-electron chi connectivity index (χ2n) is 5.46. The van der Waals surface area contributed by atoms with Gasteiger partial charge in [0.15, 0.2) is 0 Å². The van der Waals surface area contributed by atoms with Crippen LogP contribution in [0.25, 0.3) is 0 Å². The van der Waals surface area contributed by atoms with Gasteiger partial charge in [-0.1, -0.05) is 6.92 Å². The second-order valence-corrected chi connectivity index (χ2v) is 8.05. The van der Waals surface area contributed by atoms with Crippen molar-refractivity contribution in [1.82, 2.24) is 10.0 Å². The monoisotopic (exact) mass is 400 g/mol. The fraction of sp³-hybridized carbons (Fsp3) is 0.538. The average Bonchev–Trinajstić information content (AvgIpc) is 2.37. The minimum atomic E-state index is -3.63. The molecule has 4 nitrogen and oxygen atoms in total. The lowest BCUT2D eigenvalue weighted by atomic mass is 9.81. The smallest absolute Gasteiger partial charge is 0.241 e. The topological polar surface area (TPSA) is 58.2 Å². The van der Waals surface area contributed by atoms with Gasteiger partial charge in [-0.25, -0.2) is 17.5 Å². The first kappa shape index (κ1) is 18.8. The zero-order valence-electron chi connectivity index (χ0n) is 11.7. The molecule has 0 saturated carbocycles. The number of nitrogens with one attached hydrogen (secondary N) is 2. The summed E-state index contributed by atoms with van der Waals surface area (Å²) in [5, 5.41) is 3.26. The third-order valence-corrected chi connectivity index (χ3v) is 6.06. The second kappa shape index (κ2) is 7.37. The van der Waals surface area contributed by atoms with E-state index in [9.17, 15) is 12.8 Å². The van der Waals surface area contributed by atoms with Crippen LogP contribution in [0.2, 0.25) is 0 Å². The van der Waals surface area contributed by atoms with Crippen LogP contribution >= 0.6 is 28.3 Å². The van der Waals surface area contributed by atoms with Crippen molar-refractivity contribution in [3.05, 3.63) is 28.5 Å². The summed E-state index contributed by atoms with van der Waals surface area (Å²) < 4.78 is 40.4. The van der Waals surface area contributed by atoms with Crippen LogP contribution < -0.4 is 10.0 Å². The number of rotatable bonds is 4. The molecular weight excluding hydrogens is 383 g/mol. The molecule has 0 unspecified atom stereocenters. The molecule has 0 spiro atoms. The summed E-state index contributed by atoms with van der Waals surface area (Å²) in [6.45, 7) is 4.27. The molecule has 0 bridgehead atoms. The Balaban J connectivity index is 0.00000220. The van der Waals surface area contributed by atoms with E-state index in [0.29, 0.717) is 6.54 Å². The van der Waals surface area contributed by atoms with Crippen LogP contribution in [0.15, 0.2) is 27.6 Å². The van der Waals surface area contributed by atoms with Gasteiger partial charge in [-0.3, -0.25) is 0 Å². The SMILES string of the molecule is CC1(CNS(=O)(=O)c2ccc(F)cc2Br)CCNCC1.Cl. The molecule has 2 rings (SSSR count). The fourth-order valence-corrected chi connectivity index (χ4v) is 4.49. The summed E-state index contributed by atoms with van der Waals surface area (Å²) in [5.74, 6) is -0.471. The molecule has 1 aromatic carbocycles. The summed E-state index contributed by atoms with van der Waals surface area (Å²) in [5.41, 5.74) is -0.0369. The Morgan fingerprint density at radius 2 is 2.00 bits per heavy atom. The quantitative estimate of drug-likeness (QED) is 0.815. The van der Waals surface area contributed by atoms with E-state index >= 15 is 0 Å². The van der Waals surface area contributed by atoms with Crippen LogP contribution in [0.4, 0.5) is 4.39 Å². The van der Waals surface area contributed by atoms with Gasteiger partial charge in [0.25, 0.3) is 0 Å². The fourth-order valence-electron chi connectivity index (χ4n) is 2.25. The third kappa shape index (κ3) is 4.89. The highest BCUT2D eigenvalue weighted by molar-refractivity contribution is 9.10. The Morgan fingerprint density at radius 1 is 1.38 bits per heavy atom. The van der Waals surface area contributed by atoms with Crippen molar-refractivity contribution in [2.75, 3.05) is 19.6 Å². The Labute approximate surface area is 139 Å². The molecule has 0 aliphatic carbocycles. The van der Waals surface area contributed by atoms with Crippen LogP contribution in [-0.2, 0) is 10.0 Å². The maximum Gasteiger partial charge on any atom is 0.241 e. The van der Waals surface area contributed by atoms with E-state index in [1.807, 2.05) is 0 Å². The van der Waals surface area contributed by atoms with Gasteiger partial charge in [0.2, 0.25) is 10.0 Å². The van der Waals surface area contributed by atoms with E-state index in [2.05, 4.69) is 32.9 Å². The first-order valence-electron chi connectivity index (χ1n) is 6.48. The van der Waals surface area contributed by atoms with Crippen LogP contribution in [0, 0.1) is 11.2 Å². The number of piperidine rings is 1. The molecule has 21 heavy (non-hydrogen) atoms. The van der Waals surface area contributed by atoms with Crippen molar-refractivity contribution in [3.8, 4) is 0 Å². The third-order valence-electron chi connectivity index (χ3n) is 3.68. The molecule has 0 atom stereocenters. The summed E-state index contributed by atoms with van der Waals surface area (Å²) >= 11 is 3.09. The van der Waals surface area contributed by atoms with Crippen molar-refractivity contribution in [2.45, 2.75) is 24.7 Å². The van der Waals surface area contributed by atoms with E-state index in [0.717, 1.165) is 38.1 Å². The molecule has 0 aromatic heterocycles. The number of sulfonamides is 1. The van der Waals surface area contributed by atoms with Crippen molar-refractivity contribution in [2.24, 2.45) is 5.41 Å². The molecule has 1 aliphatic heterocycles. The Morgan fingerprint density at radius 3 is 2.57 bits per heavy atom. The lowest BCUT2D eigenvalue weighted by Gasteiger charge is -2.34. The number of halogens is 3. The Hall–Kier alpha value is -0.210. The maximum absolute atomic E-state index is 13.0. The average molecular weight is 402 g/mol. The van der Waals surface area contributed by atoms with Crippen LogP contribution in [0.1, 0.15) is 19.8 Å². The summed E-state index contributed by atoms with van der Waals surface area (Å²) in [7, 11) is -3.63. The normalized spacial score (nSPS) is 18.0. The molecule has 1 aliphatic rings. The molecule has 0 radical (unpaired) electrons. The molecule has 0 amide bonds. The van der Waals surface area contributed by atoms with Gasteiger partial charge >= 0.3 is 0 Å². The molecule has 8 heteroatoms. The van der Waals surface area contributed by atoms with Crippen LogP contribution in [0.3, 0.4) is 0 Å². The van der Waals surface area contributed by atoms with Gasteiger partial charge in [-0.2, -0.15) is 0 Å². The van der Waals surface area contributed by atoms with Gasteiger partial charge in [0.05, 0.1) is 4.90 Å². The van der Waals surface area contributed by atoms with Gasteiger partial charge in [0, 0.05) is 11.0 Å². The van der Waals surface area contributed by atoms with E-state index in [1.54, 1.807) is 0 Å². The standard InChI is InChI=1S/C13H18BrFN2O2S.ClH/c1-13(4-6-16-7-5-13)9-17-20(18,19)12-3-2-10(15)8-11(12)14;/h2-3,8,16-17H,4-7,9H2,1H3;1H. The largest absolute Gasteiger partial charge is 0.317 e. The van der Waals surface area contributed by atoms with Crippen molar-refractivity contribution >= 4 is 38.4 Å². The van der Waals surface area contributed by atoms with Gasteiger partial charge in [-0.15, -0.1) is 12.4 Å². The zero-order chi connectivity index (χ0) is 14.8. The van der Waals surface area contributed by atoms with Crippen LogP contribution in [0.5, 0.6) is 0 Å².